The van der Waals surface area contributed by atoms with Crippen LogP contribution in [0.3, 0.4) is 0 Å². The molecule has 3 heterocycles. The maximum Gasteiger partial charge on any atom is 0.262 e. The first kappa shape index (κ1) is 17.3. The van der Waals surface area contributed by atoms with Crippen molar-refractivity contribution in [1.82, 2.24) is 9.88 Å². The van der Waals surface area contributed by atoms with Crippen LogP contribution >= 0.6 is 0 Å². The molecule has 1 unspecified atom stereocenters. The molecule has 2 aliphatic heterocycles. The molecule has 2 aromatic rings. The number of nitrogens with zero attached hydrogens (tertiary/aromatic N) is 2. The van der Waals surface area contributed by atoms with E-state index in [1.165, 1.54) is 6.07 Å². The Morgan fingerprint density at radius 3 is 2.63 bits per heavy atom. The van der Waals surface area contributed by atoms with E-state index in [2.05, 4.69) is 12.2 Å². The Morgan fingerprint density at radius 1 is 1.15 bits per heavy atom. The Morgan fingerprint density at radius 2 is 1.93 bits per heavy atom. The van der Waals surface area contributed by atoms with E-state index in [1.807, 2.05) is 4.90 Å². The van der Waals surface area contributed by atoms with Gasteiger partial charge in [-0.25, -0.2) is 4.39 Å². The number of nitrogens with one attached hydrogen (secondary N) is 1. The molecule has 1 aromatic carbocycles. The molecule has 0 radical (unpaired) electrons. The number of pyridine rings is 1. The minimum Gasteiger partial charge on any atom is -0.384 e. The number of hydrogen-bond acceptors (Lipinski definition) is 5. The quantitative estimate of drug-likeness (QED) is 0.786. The fourth-order valence-electron chi connectivity index (χ4n) is 3.87. The van der Waals surface area contributed by atoms with Crippen LogP contribution in [-0.4, -0.2) is 29.0 Å². The third-order valence-corrected chi connectivity index (χ3v) is 5.26. The number of nitrogen functional groups attached to an aromatic ring is 1. The lowest BCUT2D eigenvalue weighted by molar-refractivity contribution is 0.0880. The molecule has 7 nitrogen and oxygen atoms in total. The van der Waals surface area contributed by atoms with Crippen molar-refractivity contribution in [2.45, 2.75) is 32.2 Å². The Kier molecular flexibility index (Phi) is 3.98. The maximum atomic E-state index is 14.8. The van der Waals surface area contributed by atoms with Gasteiger partial charge in [-0.2, -0.15) is 0 Å². The van der Waals surface area contributed by atoms with Crippen LogP contribution in [0.15, 0.2) is 29.1 Å². The molecule has 27 heavy (non-hydrogen) atoms. The Labute approximate surface area is 154 Å². The van der Waals surface area contributed by atoms with Crippen LogP contribution in [0.5, 0.6) is 0 Å². The molecule has 140 valence electrons. The molecule has 8 heteroatoms. The number of nitrogens with two attached hydrogens (primary N) is 1. The summed E-state index contributed by atoms with van der Waals surface area (Å²) in [4.78, 5) is 38.2. The molecule has 1 atom stereocenters. The zero-order chi connectivity index (χ0) is 19.3. The van der Waals surface area contributed by atoms with Crippen LogP contribution < -0.4 is 21.5 Å². The zero-order valence-corrected chi connectivity index (χ0v) is 14.8. The second-order valence-corrected chi connectivity index (χ2v) is 6.95. The first-order chi connectivity index (χ1) is 12.9. The zero-order valence-electron chi connectivity index (χ0n) is 14.8. The third-order valence-electron chi connectivity index (χ3n) is 5.26. The summed E-state index contributed by atoms with van der Waals surface area (Å²) < 4.78 is 15.9. The van der Waals surface area contributed by atoms with Crippen molar-refractivity contribution >= 4 is 23.3 Å². The number of anilines is 2. The summed E-state index contributed by atoms with van der Waals surface area (Å²) >= 11 is 0. The van der Waals surface area contributed by atoms with Crippen molar-refractivity contribution in [3.63, 3.8) is 0 Å². The van der Waals surface area contributed by atoms with Gasteiger partial charge in [-0.1, -0.05) is 0 Å². The summed E-state index contributed by atoms with van der Waals surface area (Å²) in [5, 5.41) is 2.11. The number of benzene rings is 1. The molecule has 0 saturated carbocycles. The van der Waals surface area contributed by atoms with E-state index >= 15 is 0 Å². The van der Waals surface area contributed by atoms with E-state index in [0.717, 1.165) is 36.4 Å². The summed E-state index contributed by atoms with van der Waals surface area (Å²) in [6.07, 6.45) is 3.13. The van der Waals surface area contributed by atoms with Crippen molar-refractivity contribution < 1.29 is 14.0 Å². The number of imide groups is 1. The van der Waals surface area contributed by atoms with Crippen molar-refractivity contribution in [3.8, 4) is 5.69 Å². The Bertz CT molecular complexity index is 1030. The van der Waals surface area contributed by atoms with Gasteiger partial charge in [-0.05, 0) is 38.3 Å². The van der Waals surface area contributed by atoms with Crippen LogP contribution in [0.1, 0.15) is 46.9 Å². The molecule has 2 aliphatic rings. The van der Waals surface area contributed by atoms with Crippen LogP contribution in [0.2, 0.25) is 0 Å². The van der Waals surface area contributed by atoms with Gasteiger partial charge in [0.2, 0.25) is 0 Å². The summed E-state index contributed by atoms with van der Waals surface area (Å²) in [6.45, 7) is 2.84. The highest BCUT2D eigenvalue weighted by atomic mass is 19.1. The lowest BCUT2D eigenvalue weighted by atomic mass is 10.0. The summed E-state index contributed by atoms with van der Waals surface area (Å²) in [6, 6.07) is 5.73. The molecule has 1 aromatic heterocycles. The minimum atomic E-state index is -0.666. The van der Waals surface area contributed by atoms with Crippen LogP contribution in [0.25, 0.3) is 5.69 Å². The highest BCUT2D eigenvalue weighted by Crippen LogP contribution is 2.29. The van der Waals surface area contributed by atoms with Gasteiger partial charge < -0.3 is 10.6 Å². The number of piperidine rings is 1. The standard InChI is InChI=1S/C19H19FN4O3/c1-10-4-2-3-7-23(10)14-6-5-11(8-13(14)20)24-15(25)9-12-16(17(24)21)19(27)22-18(12)26/h5-6,8-10H,2-4,7,21H2,1H3,(H,22,26,27). The number of rotatable bonds is 2. The van der Waals surface area contributed by atoms with Crippen molar-refractivity contribution in [1.29, 1.82) is 0 Å². The monoisotopic (exact) mass is 370 g/mol. The molecular formula is C19H19FN4O3. The van der Waals surface area contributed by atoms with Crippen molar-refractivity contribution in [2.24, 2.45) is 0 Å². The number of carbonyl (C=O) groups is 2. The van der Waals surface area contributed by atoms with Gasteiger partial charge in [0.05, 0.1) is 22.5 Å². The topological polar surface area (TPSA) is 97.4 Å². The summed E-state index contributed by atoms with van der Waals surface area (Å²) in [5.41, 5.74) is 5.95. The number of halogens is 1. The SMILES string of the molecule is CC1CCCCN1c1ccc(-n2c(N)c3c(cc2=O)C(=O)NC3=O)cc1F. The predicted molar refractivity (Wildman–Crippen MR) is 98.9 cm³/mol. The molecule has 3 N–H and O–H groups in total. The normalized spacial score (nSPS) is 19.2. The lowest BCUT2D eigenvalue weighted by Gasteiger charge is -2.35. The number of carbonyl (C=O) groups excluding carboxylic acids is 2. The van der Waals surface area contributed by atoms with Crippen molar-refractivity contribution in [3.05, 3.63) is 51.6 Å². The minimum absolute atomic E-state index is 0.0574. The fraction of sp³-hybridized carbons (Fsp3) is 0.316. The van der Waals surface area contributed by atoms with Gasteiger partial charge >= 0.3 is 0 Å². The van der Waals surface area contributed by atoms with Crippen LogP contribution in [0, 0.1) is 5.82 Å². The average Bonchev–Trinajstić information content (AvgIpc) is 2.90. The molecule has 4 rings (SSSR count). The number of aromatic nitrogens is 1. The smallest absolute Gasteiger partial charge is 0.262 e. The van der Waals surface area contributed by atoms with Crippen molar-refractivity contribution in [2.75, 3.05) is 17.2 Å². The largest absolute Gasteiger partial charge is 0.384 e. The van der Waals surface area contributed by atoms with Gasteiger partial charge in [-0.15, -0.1) is 0 Å². The second kappa shape index (κ2) is 6.22. The average molecular weight is 370 g/mol. The molecule has 0 aliphatic carbocycles. The fourth-order valence-corrected chi connectivity index (χ4v) is 3.87. The lowest BCUT2D eigenvalue weighted by Crippen LogP contribution is -2.38. The summed E-state index contributed by atoms with van der Waals surface area (Å²) in [5.74, 6) is -1.97. The molecular weight excluding hydrogens is 351 g/mol. The second-order valence-electron chi connectivity index (χ2n) is 6.95. The Hall–Kier alpha value is -3.16. The number of amides is 2. The van der Waals surface area contributed by atoms with Crippen LogP contribution in [-0.2, 0) is 0 Å². The predicted octanol–water partition coefficient (Wildman–Crippen LogP) is 1.82. The van der Waals surface area contributed by atoms with E-state index in [9.17, 15) is 18.8 Å². The van der Waals surface area contributed by atoms with Gasteiger partial charge in [0.25, 0.3) is 17.4 Å². The number of fused-ring (bicyclic) bond motifs is 1. The van der Waals surface area contributed by atoms with E-state index in [1.54, 1.807) is 12.1 Å². The van der Waals surface area contributed by atoms with Gasteiger partial charge in [0, 0.05) is 24.7 Å². The number of hydrogen-bond donors (Lipinski definition) is 2. The molecule has 1 saturated heterocycles. The van der Waals surface area contributed by atoms with Crippen LogP contribution in [0.4, 0.5) is 15.9 Å². The summed E-state index contributed by atoms with van der Waals surface area (Å²) in [7, 11) is 0. The van der Waals surface area contributed by atoms with E-state index < -0.39 is 23.2 Å². The molecule has 0 bridgehead atoms. The maximum absolute atomic E-state index is 14.8. The molecule has 1 fully saturated rings. The Balaban J connectivity index is 1.80. The third kappa shape index (κ3) is 2.68. The van der Waals surface area contributed by atoms with E-state index in [-0.39, 0.29) is 28.7 Å². The molecule has 0 spiro atoms. The first-order valence-electron chi connectivity index (χ1n) is 8.86. The van der Waals surface area contributed by atoms with E-state index in [4.69, 9.17) is 5.73 Å². The van der Waals surface area contributed by atoms with E-state index in [0.29, 0.717) is 5.69 Å². The van der Waals surface area contributed by atoms with Gasteiger partial charge in [0.1, 0.15) is 11.6 Å². The highest BCUT2D eigenvalue weighted by Gasteiger charge is 2.32. The van der Waals surface area contributed by atoms with Gasteiger partial charge in [0.15, 0.2) is 0 Å². The first-order valence-corrected chi connectivity index (χ1v) is 8.86. The highest BCUT2D eigenvalue weighted by molar-refractivity contribution is 6.23. The van der Waals surface area contributed by atoms with Gasteiger partial charge in [-0.3, -0.25) is 24.3 Å². The molecule has 2 amide bonds.